The molecule has 0 radical (unpaired) electrons. The van der Waals surface area contributed by atoms with E-state index >= 15 is 0 Å². The maximum absolute atomic E-state index is 6.30. The summed E-state index contributed by atoms with van der Waals surface area (Å²) in [5.74, 6) is 0. The van der Waals surface area contributed by atoms with Crippen LogP contribution in [0.4, 0.5) is 0 Å². The molecule has 0 spiro atoms. The smallest absolute Gasteiger partial charge is 0.163 e. The van der Waals surface area contributed by atoms with Crippen LogP contribution >= 0.6 is 23.2 Å². The fourth-order valence-electron chi connectivity index (χ4n) is 2.14. The maximum atomic E-state index is 6.30. The van der Waals surface area contributed by atoms with Gasteiger partial charge in [0.15, 0.2) is 5.65 Å². The SMILES string of the molecule is Cc1ccn2nc(C)c(-c3cccc(Cl)c3Cl)c2n1. The van der Waals surface area contributed by atoms with Gasteiger partial charge in [-0.3, -0.25) is 0 Å². The number of halogens is 2. The summed E-state index contributed by atoms with van der Waals surface area (Å²) in [5, 5.41) is 5.52. The van der Waals surface area contributed by atoms with Gasteiger partial charge >= 0.3 is 0 Å². The zero-order chi connectivity index (χ0) is 13.6. The van der Waals surface area contributed by atoms with E-state index in [0.717, 1.165) is 28.2 Å². The topological polar surface area (TPSA) is 30.2 Å². The zero-order valence-corrected chi connectivity index (χ0v) is 12.0. The van der Waals surface area contributed by atoms with E-state index in [0.29, 0.717) is 10.0 Å². The second-order valence-corrected chi connectivity index (χ2v) is 5.18. The minimum atomic E-state index is 0.533. The minimum absolute atomic E-state index is 0.533. The second kappa shape index (κ2) is 4.51. The van der Waals surface area contributed by atoms with Crippen LogP contribution in [0, 0.1) is 13.8 Å². The molecule has 0 aliphatic heterocycles. The van der Waals surface area contributed by atoms with Crippen LogP contribution < -0.4 is 0 Å². The summed E-state index contributed by atoms with van der Waals surface area (Å²) in [4.78, 5) is 4.54. The third-order valence-electron chi connectivity index (χ3n) is 3.02. The molecular weight excluding hydrogens is 281 g/mol. The number of benzene rings is 1. The van der Waals surface area contributed by atoms with Crippen molar-refractivity contribution in [1.82, 2.24) is 14.6 Å². The molecule has 0 unspecified atom stereocenters. The van der Waals surface area contributed by atoms with Gasteiger partial charge in [0.2, 0.25) is 0 Å². The first-order chi connectivity index (χ1) is 9.08. The summed E-state index contributed by atoms with van der Waals surface area (Å²) in [7, 11) is 0. The second-order valence-electron chi connectivity index (χ2n) is 4.40. The van der Waals surface area contributed by atoms with Gasteiger partial charge in [-0.25, -0.2) is 9.50 Å². The lowest BCUT2D eigenvalue weighted by molar-refractivity contribution is 0.909. The molecule has 0 fully saturated rings. The van der Waals surface area contributed by atoms with E-state index in [9.17, 15) is 0 Å². The fraction of sp³-hybridized carbons (Fsp3) is 0.143. The summed E-state index contributed by atoms with van der Waals surface area (Å²) < 4.78 is 1.76. The highest BCUT2D eigenvalue weighted by Gasteiger charge is 2.16. The average molecular weight is 292 g/mol. The van der Waals surface area contributed by atoms with E-state index in [4.69, 9.17) is 23.2 Å². The molecule has 0 saturated carbocycles. The molecule has 19 heavy (non-hydrogen) atoms. The predicted molar refractivity (Wildman–Crippen MR) is 77.9 cm³/mol. The molecule has 2 heterocycles. The van der Waals surface area contributed by atoms with Crippen molar-refractivity contribution in [3.05, 3.63) is 51.9 Å². The molecule has 0 amide bonds. The van der Waals surface area contributed by atoms with Crippen LogP contribution in [-0.2, 0) is 0 Å². The van der Waals surface area contributed by atoms with Crippen molar-refractivity contribution in [3.63, 3.8) is 0 Å². The van der Waals surface area contributed by atoms with Gasteiger partial charge in [0, 0.05) is 17.5 Å². The van der Waals surface area contributed by atoms with E-state index in [1.165, 1.54) is 0 Å². The standard InChI is InChI=1S/C14H11Cl2N3/c1-8-6-7-19-14(17-8)12(9(2)18-19)10-4-3-5-11(15)13(10)16/h3-7H,1-2H3. The Bertz CT molecular complexity index is 778. The van der Waals surface area contributed by atoms with Gasteiger partial charge in [-0.05, 0) is 26.0 Å². The van der Waals surface area contributed by atoms with Crippen LogP contribution in [-0.4, -0.2) is 14.6 Å². The van der Waals surface area contributed by atoms with Crippen molar-refractivity contribution in [3.8, 4) is 11.1 Å². The fourth-order valence-corrected chi connectivity index (χ4v) is 2.54. The quantitative estimate of drug-likeness (QED) is 0.668. The molecule has 3 nitrogen and oxygen atoms in total. The molecule has 0 atom stereocenters. The van der Waals surface area contributed by atoms with E-state index in [1.807, 2.05) is 38.2 Å². The number of aromatic nitrogens is 3. The van der Waals surface area contributed by atoms with Crippen molar-refractivity contribution in [2.75, 3.05) is 0 Å². The Balaban J connectivity index is 2.39. The highest BCUT2D eigenvalue weighted by atomic mass is 35.5. The molecule has 0 aliphatic carbocycles. The highest BCUT2D eigenvalue weighted by Crippen LogP contribution is 2.36. The van der Waals surface area contributed by atoms with Crippen molar-refractivity contribution in [1.29, 1.82) is 0 Å². The first-order valence-electron chi connectivity index (χ1n) is 5.85. The van der Waals surface area contributed by atoms with E-state index in [1.54, 1.807) is 10.6 Å². The summed E-state index contributed by atoms with van der Waals surface area (Å²) in [6, 6.07) is 7.50. The molecule has 0 aliphatic rings. The third-order valence-corrected chi connectivity index (χ3v) is 3.84. The van der Waals surface area contributed by atoms with Crippen LogP contribution in [0.15, 0.2) is 30.5 Å². The van der Waals surface area contributed by atoms with Gasteiger partial charge in [-0.1, -0.05) is 35.3 Å². The number of hydrogen-bond donors (Lipinski definition) is 0. The van der Waals surface area contributed by atoms with Gasteiger partial charge in [-0.15, -0.1) is 0 Å². The van der Waals surface area contributed by atoms with E-state index in [2.05, 4.69) is 10.1 Å². The van der Waals surface area contributed by atoms with Crippen LogP contribution in [0.5, 0.6) is 0 Å². The lowest BCUT2D eigenvalue weighted by Crippen LogP contribution is -1.91. The maximum Gasteiger partial charge on any atom is 0.163 e. The Morgan fingerprint density at radius 2 is 1.89 bits per heavy atom. The molecule has 1 aromatic carbocycles. The highest BCUT2D eigenvalue weighted by molar-refractivity contribution is 6.43. The van der Waals surface area contributed by atoms with Crippen LogP contribution in [0.25, 0.3) is 16.8 Å². The summed E-state index contributed by atoms with van der Waals surface area (Å²) in [6.07, 6.45) is 1.90. The number of rotatable bonds is 1. The number of hydrogen-bond acceptors (Lipinski definition) is 2. The number of fused-ring (bicyclic) bond motifs is 1. The summed E-state index contributed by atoms with van der Waals surface area (Å²) in [5.41, 5.74) is 4.40. The molecule has 3 rings (SSSR count). The van der Waals surface area contributed by atoms with Gasteiger partial charge in [0.25, 0.3) is 0 Å². The monoisotopic (exact) mass is 291 g/mol. The van der Waals surface area contributed by atoms with Crippen LogP contribution in [0.1, 0.15) is 11.4 Å². The van der Waals surface area contributed by atoms with Gasteiger partial charge < -0.3 is 0 Å². The van der Waals surface area contributed by atoms with Crippen molar-refractivity contribution in [2.24, 2.45) is 0 Å². The minimum Gasteiger partial charge on any atom is -0.233 e. The molecule has 96 valence electrons. The number of aryl methyl sites for hydroxylation is 2. The normalized spacial score (nSPS) is 11.2. The molecular formula is C14H11Cl2N3. The number of nitrogens with zero attached hydrogens (tertiary/aromatic N) is 3. The molecule has 0 saturated heterocycles. The Labute approximate surface area is 120 Å². The van der Waals surface area contributed by atoms with Crippen molar-refractivity contribution >= 4 is 28.8 Å². The molecule has 3 aromatic rings. The van der Waals surface area contributed by atoms with E-state index < -0.39 is 0 Å². The van der Waals surface area contributed by atoms with Gasteiger partial charge in [0.05, 0.1) is 21.3 Å². The van der Waals surface area contributed by atoms with E-state index in [-0.39, 0.29) is 0 Å². The first kappa shape index (κ1) is 12.5. The zero-order valence-electron chi connectivity index (χ0n) is 10.5. The van der Waals surface area contributed by atoms with Crippen LogP contribution in [0.2, 0.25) is 10.0 Å². The van der Waals surface area contributed by atoms with Crippen molar-refractivity contribution < 1.29 is 0 Å². The van der Waals surface area contributed by atoms with Crippen LogP contribution in [0.3, 0.4) is 0 Å². The predicted octanol–water partition coefficient (Wildman–Crippen LogP) is 4.32. The average Bonchev–Trinajstić information content (AvgIpc) is 2.69. The summed E-state index contributed by atoms with van der Waals surface area (Å²) >= 11 is 12.4. The Kier molecular flexibility index (Phi) is 2.96. The molecule has 0 N–H and O–H groups in total. The Morgan fingerprint density at radius 3 is 2.68 bits per heavy atom. The Morgan fingerprint density at radius 1 is 1.11 bits per heavy atom. The lowest BCUT2D eigenvalue weighted by Gasteiger charge is -2.05. The largest absolute Gasteiger partial charge is 0.233 e. The lowest BCUT2D eigenvalue weighted by atomic mass is 10.1. The van der Waals surface area contributed by atoms with Crippen molar-refractivity contribution in [2.45, 2.75) is 13.8 Å². The molecule has 0 bridgehead atoms. The Hall–Kier alpha value is -1.58. The molecule has 2 aromatic heterocycles. The first-order valence-corrected chi connectivity index (χ1v) is 6.60. The molecule has 5 heteroatoms. The summed E-state index contributed by atoms with van der Waals surface area (Å²) in [6.45, 7) is 3.89. The van der Waals surface area contributed by atoms with Gasteiger partial charge in [-0.2, -0.15) is 5.10 Å². The van der Waals surface area contributed by atoms with Gasteiger partial charge in [0.1, 0.15) is 0 Å². The third kappa shape index (κ3) is 1.99.